The first-order valence-corrected chi connectivity index (χ1v) is 7.25. The molecule has 21 heavy (non-hydrogen) atoms. The number of carbonyl (C=O) groups is 1. The topological polar surface area (TPSA) is 113 Å². The Bertz CT molecular complexity index is 422. The van der Waals surface area contributed by atoms with E-state index >= 15 is 0 Å². The molecular formula is C14H27N5O2. The molecule has 0 unspecified atom stereocenters. The third-order valence-electron chi connectivity index (χ3n) is 2.23. The Balaban J connectivity index is 0.00000191. The number of amides is 1. The van der Waals surface area contributed by atoms with Crippen LogP contribution in [0.15, 0.2) is 9.98 Å². The van der Waals surface area contributed by atoms with Gasteiger partial charge in [-0.25, -0.2) is 14.8 Å². The molecular weight excluding hydrogens is 270 g/mol. The number of nitrogens with one attached hydrogen (secondary N) is 2. The van der Waals surface area contributed by atoms with E-state index in [1.807, 2.05) is 34.6 Å². The van der Waals surface area contributed by atoms with E-state index in [9.17, 15) is 4.79 Å². The van der Waals surface area contributed by atoms with Crippen molar-refractivity contribution in [3.8, 4) is 0 Å². The lowest BCUT2D eigenvalue weighted by molar-refractivity contribution is 0.0527. The van der Waals surface area contributed by atoms with Crippen LogP contribution in [0.1, 0.15) is 53.9 Å². The number of nitrogens with zero attached hydrogens (tertiary/aromatic N) is 2. The number of hydrogen-bond donors (Lipinski definition) is 3. The van der Waals surface area contributed by atoms with Crippen LogP contribution in [-0.2, 0) is 4.74 Å². The van der Waals surface area contributed by atoms with E-state index in [1.165, 1.54) is 0 Å². The van der Waals surface area contributed by atoms with Gasteiger partial charge in [0.25, 0.3) is 0 Å². The van der Waals surface area contributed by atoms with Crippen LogP contribution in [0.2, 0.25) is 0 Å². The van der Waals surface area contributed by atoms with Crippen molar-refractivity contribution in [2.45, 2.75) is 59.5 Å². The summed E-state index contributed by atoms with van der Waals surface area (Å²) < 4.78 is 5.11. The van der Waals surface area contributed by atoms with E-state index in [4.69, 9.17) is 15.9 Å². The summed E-state index contributed by atoms with van der Waals surface area (Å²) in [6.07, 6.45) is 1.86. The van der Waals surface area contributed by atoms with Gasteiger partial charge in [-0.15, -0.1) is 0 Å². The van der Waals surface area contributed by atoms with Gasteiger partial charge in [0.1, 0.15) is 11.4 Å². The molecule has 7 heteroatoms. The Kier molecular flexibility index (Phi) is 8.26. The Hall–Kier alpha value is -1.92. The Labute approximate surface area is 126 Å². The summed E-state index contributed by atoms with van der Waals surface area (Å²) in [4.78, 5) is 19.2. The molecule has 1 aliphatic rings. The summed E-state index contributed by atoms with van der Waals surface area (Å²) in [7, 11) is 0. The molecule has 1 aliphatic heterocycles. The van der Waals surface area contributed by atoms with E-state index in [2.05, 4.69) is 15.3 Å². The summed E-state index contributed by atoms with van der Waals surface area (Å²) >= 11 is 0. The number of unbranched alkanes of at least 4 members (excludes halogenated alkanes) is 1. The molecule has 1 rings (SSSR count). The monoisotopic (exact) mass is 297 g/mol. The number of hydrogen-bond acceptors (Lipinski definition) is 5. The molecule has 0 aromatic rings. The second-order valence-corrected chi connectivity index (χ2v) is 5.26. The molecule has 0 saturated heterocycles. The minimum absolute atomic E-state index is 0.0295. The molecule has 0 bridgehead atoms. The number of aliphatic imine (C=N–C) groups is 2. The van der Waals surface area contributed by atoms with Crippen molar-refractivity contribution in [3.63, 3.8) is 0 Å². The van der Waals surface area contributed by atoms with Crippen molar-refractivity contribution < 1.29 is 9.53 Å². The van der Waals surface area contributed by atoms with Crippen molar-refractivity contribution in [1.82, 2.24) is 5.32 Å². The minimum atomic E-state index is -0.477. The molecule has 0 radical (unpaired) electrons. The standard InChI is InChI=1S/C12H21N5O2.C2H6/c1-12(2,3)19-11(18)15-7-5-4-6-8-16-9(13)10(14)17-8;1-2/h4-7H2,1-3H3,(H,15,18)(H3,13,14,16,17);1-2H3. The maximum atomic E-state index is 11.3. The van der Waals surface area contributed by atoms with Gasteiger partial charge in [0.2, 0.25) is 0 Å². The quantitative estimate of drug-likeness (QED) is 0.677. The van der Waals surface area contributed by atoms with Gasteiger partial charge in [-0.05, 0) is 33.6 Å². The van der Waals surface area contributed by atoms with Crippen molar-refractivity contribution in [1.29, 1.82) is 5.41 Å². The zero-order chi connectivity index (χ0) is 16.5. The van der Waals surface area contributed by atoms with Crippen molar-refractivity contribution in [2.24, 2.45) is 15.7 Å². The summed E-state index contributed by atoms with van der Waals surface area (Å²) in [5, 5.41) is 10.0. The van der Waals surface area contributed by atoms with E-state index in [0.717, 1.165) is 12.8 Å². The zero-order valence-electron chi connectivity index (χ0n) is 13.6. The molecule has 4 N–H and O–H groups in total. The molecule has 0 fully saturated rings. The van der Waals surface area contributed by atoms with Crippen LogP contribution in [0.5, 0.6) is 0 Å². The Morgan fingerprint density at radius 3 is 2.38 bits per heavy atom. The summed E-state index contributed by atoms with van der Waals surface area (Å²) in [5.74, 6) is 0.781. The highest BCUT2D eigenvalue weighted by molar-refractivity contribution is 6.45. The Morgan fingerprint density at radius 1 is 1.29 bits per heavy atom. The van der Waals surface area contributed by atoms with E-state index in [-0.39, 0.29) is 11.7 Å². The molecule has 0 aromatic heterocycles. The molecule has 0 atom stereocenters. The van der Waals surface area contributed by atoms with E-state index in [0.29, 0.717) is 18.8 Å². The first-order chi connectivity index (χ1) is 9.78. The molecule has 1 heterocycles. The summed E-state index contributed by atoms with van der Waals surface area (Å²) in [6.45, 7) is 10.0. The fraction of sp³-hybridized carbons (Fsp3) is 0.714. The predicted octanol–water partition coefficient (Wildman–Crippen LogP) is 2.45. The number of rotatable bonds is 5. The van der Waals surface area contributed by atoms with Crippen molar-refractivity contribution >= 4 is 23.6 Å². The molecule has 0 spiro atoms. The maximum Gasteiger partial charge on any atom is 0.407 e. The SMILES string of the molecule is CC.CC(C)(C)OC(=O)NCCCCC1=NC(=N)C(N)=N1. The number of alkyl carbamates (subject to hydrolysis) is 1. The zero-order valence-corrected chi connectivity index (χ0v) is 13.6. The van der Waals surface area contributed by atoms with Gasteiger partial charge < -0.3 is 15.8 Å². The summed E-state index contributed by atoms with van der Waals surface area (Å²) in [6, 6.07) is 0. The van der Waals surface area contributed by atoms with Crippen molar-refractivity contribution in [2.75, 3.05) is 6.54 Å². The number of ether oxygens (including phenoxy) is 1. The lowest BCUT2D eigenvalue weighted by atomic mass is 10.2. The van der Waals surface area contributed by atoms with E-state index in [1.54, 1.807) is 0 Å². The number of nitrogens with two attached hydrogens (primary N) is 1. The average molecular weight is 297 g/mol. The molecule has 1 amide bonds. The molecule has 120 valence electrons. The highest BCUT2D eigenvalue weighted by Gasteiger charge is 2.15. The van der Waals surface area contributed by atoms with Crippen LogP contribution in [0.4, 0.5) is 4.79 Å². The molecule has 0 saturated carbocycles. The van der Waals surface area contributed by atoms with Gasteiger partial charge in [0.05, 0.1) is 0 Å². The van der Waals surface area contributed by atoms with Crippen LogP contribution in [-0.4, -0.2) is 35.7 Å². The van der Waals surface area contributed by atoms with Gasteiger partial charge in [-0.2, -0.15) is 0 Å². The number of amidine groups is 3. The third kappa shape index (κ3) is 8.78. The van der Waals surface area contributed by atoms with Crippen LogP contribution < -0.4 is 11.1 Å². The fourth-order valence-electron chi connectivity index (χ4n) is 1.43. The molecule has 0 aliphatic carbocycles. The van der Waals surface area contributed by atoms with Crippen LogP contribution >= 0.6 is 0 Å². The number of carbonyl (C=O) groups excluding carboxylic acids is 1. The predicted molar refractivity (Wildman–Crippen MR) is 86.2 cm³/mol. The van der Waals surface area contributed by atoms with Gasteiger partial charge in [-0.1, -0.05) is 13.8 Å². The second-order valence-electron chi connectivity index (χ2n) is 5.26. The minimum Gasteiger partial charge on any atom is -0.444 e. The van der Waals surface area contributed by atoms with Gasteiger partial charge in [0.15, 0.2) is 11.7 Å². The average Bonchev–Trinajstić information content (AvgIpc) is 2.68. The Morgan fingerprint density at radius 2 is 1.90 bits per heavy atom. The smallest absolute Gasteiger partial charge is 0.407 e. The van der Waals surface area contributed by atoms with Crippen LogP contribution in [0.3, 0.4) is 0 Å². The summed E-state index contributed by atoms with van der Waals surface area (Å²) in [5.41, 5.74) is 4.96. The van der Waals surface area contributed by atoms with Gasteiger partial charge >= 0.3 is 6.09 Å². The fourth-order valence-corrected chi connectivity index (χ4v) is 1.43. The lowest BCUT2D eigenvalue weighted by Crippen LogP contribution is -2.33. The first kappa shape index (κ1) is 19.1. The molecule has 0 aromatic carbocycles. The first-order valence-electron chi connectivity index (χ1n) is 7.25. The van der Waals surface area contributed by atoms with Crippen LogP contribution in [0, 0.1) is 5.41 Å². The van der Waals surface area contributed by atoms with Crippen molar-refractivity contribution in [3.05, 3.63) is 0 Å². The maximum absolute atomic E-state index is 11.3. The lowest BCUT2D eigenvalue weighted by Gasteiger charge is -2.19. The largest absolute Gasteiger partial charge is 0.444 e. The highest BCUT2D eigenvalue weighted by atomic mass is 16.6. The molecule has 7 nitrogen and oxygen atoms in total. The second kappa shape index (κ2) is 9.10. The van der Waals surface area contributed by atoms with E-state index < -0.39 is 11.7 Å². The third-order valence-corrected chi connectivity index (χ3v) is 2.23. The van der Waals surface area contributed by atoms with Gasteiger partial charge in [0, 0.05) is 13.0 Å². The van der Waals surface area contributed by atoms with Gasteiger partial charge in [-0.3, -0.25) is 5.41 Å². The normalized spacial score (nSPS) is 13.9. The van der Waals surface area contributed by atoms with Crippen LogP contribution in [0.25, 0.3) is 0 Å². The highest BCUT2D eigenvalue weighted by Crippen LogP contribution is 2.07.